The first-order valence-electron chi connectivity index (χ1n) is 2.84. The van der Waals surface area contributed by atoms with Gasteiger partial charge in [-0.3, -0.25) is 0 Å². The van der Waals surface area contributed by atoms with Crippen molar-refractivity contribution in [1.29, 1.82) is 0 Å². The molecule has 0 unspecified atom stereocenters. The van der Waals surface area contributed by atoms with Crippen molar-refractivity contribution in [2.24, 2.45) is 0 Å². The predicted molar refractivity (Wildman–Crippen MR) is 45.9 cm³/mol. The Kier molecular flexibility index (Phi) is 4.45. The Morgan fingerprint density at radius 2 is 2.27 bits per heavy atom. The number of esters is 1. The average molecular weight is 218 g/mol. The lowest BCUT2D eigenvalue weighted by molar-refractivity contribution is 0.0594. The van der Waals surface area contributed by atoms with Gasteiger partial charge in [0, 0.05) is 6.20 Å². The molecule has 0 aliphatic rings. The summed E-state index contributed by atoms with van der Waals surface area (Å²) in [7, 11) is 1.33. The molecule has 0 atom stereocenters. The van der Waals surface area contributed by atoms with Gasteiger partial charge in [-0.25, -0.2) is 9.78 Å². The molecule has 0 aromatic carbocycles. The van der Waals surface area contributed by atoms with Gasteiger partial charge in [0.15, 0.2) is 0 Å². The van der Waals surface area contributed by atoms with E-state index in [1.54, 1.807) is 24.4 Å². The Hall–Kier alpha value is -0.900. The lowest BCUT2D eigenvalue weighted by atomic mass is 10.4. The number of aromatic nitrogens is 1. The van der Waals surface area contributed by atoms with Crippen LogP contribution in [0.4, 0.5) is 0 Å². The first kappa shape index (κ1) is 10.1. The number of carbonyl (C=O) groups excluding carboxylic acids is 1. The van der Waals surface area contributed by atoms with Crippen LogP contribution in [0.15, 0.2) is 24.4 Å². The molecule has 0 saturated heterocycles. The maximum Gasteiger partial charge on any atom is 0.356 e. The summed E-state index contributed by atoms with van der Waals surface area (Å²) in [5.41, 5.74) is 0.338. The second-order valence-electron chi connectivity index (χ2n) is 1.71. The van der Waals surface area contributed by atoms with Crippen LogP contribution >= 0.6 is 17.0 Å². The zero-order valence-corrected chi connectivity index (χ0v) is 7.69. The van der Waals surface area contributed by atoms with Crippen molar-refractivity contribution >= 4 is 23.0 Å². The molecule has 4 heteroatoms. The van der Waals surface area contributed by atoms with Crippen LogP contribution in [0, 0.1) is 0 Å². The fourth-order valence-electron chi connectivity index (χ4n) is 0.588. The molecule has 0 aliphatic heterocycles. The summed E-state index contributed by atoms with van der Waals surface area (Å²) < 4.78 is 4.43. The Labute approximate surface area is 75.2 Å². The summed E-state index contributed by atoms with van der Waals surface area (Å²) in [6.07, 6.45) is 1.55. The minimum atomic E-state index is -0.402. The second kappa shape index (κ2) is 4.85. The van der Waals surface area contributed by atoms with Crippen LogP contribution in [0.1, 0.15) is 10.5 Å². The number of nitrogens with zero attached hydrogens (tertiary/aromatic N) is 1. The predicted octanol–water partition coefficient (Wildman–Crippen LogP) is 1.45. The van der Waals surface area contributed by atoms with Gasteiger partial charge < -0.3 is 4.74 Å². The van der Waals surface area contributed by atoms with Crippen LogP contribution in [0.2, 0.25) is 0 Å². The van der Waals surface area contributed by atoms with Crippen LogP contribution in [0.5, 0.6) is 0 Å². The SMILES string of the molecule is Br.COC(=O)c1ccccn1. The van der Waals surface area contributed by atoms with Crippen molar-refractivity contribution in [3.63, 3.8) is 0 Å². The lowest BCUT2D eigenvalue weighted by Gasteiger charge is -1.94. The maximum atomic E-state index is 10.7. The number of hydrogen-bond donors (Lipinski definition) is 0. The summed E-state index contributed by atoms with van der Waals surface area (Å²) in [6, 6.07) is 5.08. The van der Waals surface area contributed by atoms with E-state index in [0.717, 1.165) is 0 Å². The van der Waals surface area contributed by atoms with Crippen molar-refractivity contribution in [2.45, 2.75) is 0 Å². The van der Waals surface area contributed by atoms with Gasteiger partial charge in [0.05, 0.1) is 7.11 Å². The lowest BCUT2D eigenvalue weighted by Crippen LogP contribution is -2.02. The van der Waals surface area contributed by atoms with E-state index in [-0.39, 0.29) is 17.0 Å². The van der Waals surface area contributed by atoms with Crippen molar-refractivity contribution in [2.75, 3.05) is 7.11 Å². The Morgan fingerprint density at radius 1 is 1.55 bits per heavy atom. The molecule has 1 aromatic heterocycles. The van der Waals surface area contributed by atoms with Gasteiger partial charge in [-0.2, -0.15) is 0 Å². The third-order valence-electron chi connectivity index (χ3n) is 1.06. The minimum Gasteiger partial charge on any atom is -0.464 e. The second-order valence-corrected chi connectivity index (χ2v) is 1.71. The molecule has 0 spiro atoms. The van der Waals surface area contributed by atoms with Gasteiger partial charge in [0.25, 0.3) is 0 Å². The van der Waals surface area contributed by atoms with E-state index in [0.29, 0.717) is 5.69 Å². The van der Waals surface area contributed by atoms with Gasteiger partial charge >= 0.3 is 5.97 Å². The highest BCUT2D eigenvalue weighted by Gasteiger charge is 2.02. The zero-order chi connectivity index (χ0) is 7.40. The molecule has 3 nitrogen and oxygen atoms in total. The van der Waals surface area contributed by atoms with E-state index in [1.807, 2.05) is 0 Å². The number of pyridine rings is 1. The van der Waals surface area contributed by atoms with Crippen LogP contribution in [0.25, 0.3) is 0 Å². The standard InChI is InChI=1S/C7H7NO2.BrH/c1-10-7(9)6-4-2-3-5-8-6;/h2-5H,1H3;1H. The molecule has 0 aliphatic carbocycles. The number of halogens is 1. The first-order valence-corrected chi connectivity index (χ1v) is 2.84. The molecular weight excluding hydrogens is 210 g/mol. The van der Waals surface area contributed by atoms with Crippen LogP contribution in [-0.2, 0) is 4.74 Å². The molecule has 0 amide bonds. The molecule has 0 saturated carbocycles. The molecule has 0 bridgehead atoms. The van der Waals surface area contributed by atoms with E-state index >= 15 is 0 Å². The number of carbonyl (C=O) groups is 1. The average Bonchev–Trinajstić information content (AvgIpc) is 2.05. The molecule has 1 heterocycles. The van der Waals surface area contributed by atoms with E-state index in [9.17, 15) is 4.79 Å². The molecule has 0 fully saturated rings. The molecule has 1 rings (SSSR count). The summed E-state index contributed by atoms with van der Waals surface area (Å²) in [5.74, 6) is -0.402. The number of hydrogen-bond acceptors (Lipinski definition) is 3. The third-order valence-corrected chi connectivity index (χ3v) is 1.06. The van der Waals surface area contributed by atoms with Crippen molar-refractivity contribution in [3.8, 4) is 0 Å². The van der Waals surface area contributed by atoms with Crippen molar-refractivity contribution in [1.82, 2.24) is 4.98 Å². The molecule has 1 aromatic rings. The minimum absolute atomic E-state index is 0. The Morgan fingerprint density at radius 3 is 2.73 bits per heavy atom. The molecule has 11 heavy (non-hydrogen) atoms. The fourth-order valence-corrected chi connectivity index (χ4v) is 0.588. The monoisotopic (exact) mass is 217 g/mol. The fraction of sp³-hybridized carbons (Fsp3) is 0.143. The largest absolute Gasteiger partial charge is 0.464 e. The third kappa shape index (κ3) is 2.67. The number of ether oxygens (including phenoxy) is 1. The smallest absolute Gasteiger partial charge is 0.356 e. The number of rotatable bonds is 1. The van der Waals surface area contributed by atoms with Crippen LogP contribution < -0.4 is 0 Å². The zero-order valence-electron chi connectivity index (χ0n) is 5.98. The van der Waals surface area contributed by atoms with Gasteiger partial charge in [-0.1, -0.05) is 6.07 Å². The van der Waals surface area contributed by atoms with E-state index in [4.69, 9.17) is 0 Å². The summed E-state index contributed by atoms with van der Waals surface area (Å²) in [5, 5.41) is 0. The number of methoxy groups -OCH3 is 1. The molecular formula is C7H8BrNO2. The van der Waals surface area contributed by atoms with E-state index in [2.05, 4.69) is 9.72 Å². The van der Waals surface area contributed by atoms with Gasteiger partial charge in [-0.15, -0.1) is 17.0 Å². The Balaban J connectivity index is 0.000001000. The van der Waals surface area contributed by atoms with E-state index in [1.165, 1.54) is 7.11 Å². The first-order chi connectivity index (χ1) is 4.84. The van der Waals surface area contributed by atoms with Crippen molar-refractivity contribution < 1.29 is 9.53 Å². The summed E-state index contributed by atoms with van der Waals surface area (Å²) in [4.78, 5) is 14.5. The van der Waals surface area contributed by atoms with Crippen molar-refractivity contribution in [3.05, 3.63) is 30.1 Å². The normalized spacial score (nSPS) is 8.09. The molecule has 0 N–H and O–H groups in total. The van der Waals surface area contributed by atoms with Gasteiger partial charge in [0.1, 0.15) is 5.69 Å². The van der Waals surface area contributed by atoms with Gasteiger partial charge in [-0.05, 0) is 12.1 Å². The van der Waals surface area contributed by atoms with Crippen LogP contribution in [-0.4, -0.2) is 18.1 Å². The molecule has 0 radical (unpaired) electrons. The van der Waals surface area contributed by atoms with E-state index < -0.39 is 5.97 Å². The highest BCUT2D eigenvalue weighted by atomic mass is 79.9. The quantitative estimate of drug-likeness (QED) is 0.669. The Bertz CT molecular complexity index is 225. The van der Waals surface area contributed by atoms with Crippen LogP contribution in [0.3, 0.4) is 0 Å². The summed E-state index contributed by atoms with van der Waals surface area (Å²) in [6.45, 7) is 0. The maximum absolute atomic E-state index is 10.7. The highest BCUT2D eigenvalue weighted by molar-refractivity contribution is 8.93. The molecule has 60 valence electrons. The van der Waals surface area contributed by atoms with Gasteiger partial charge in [0.2, 0.25) is 0 Å². The topological polar surface area (TPSA) is 39.2 Å². The highest BCUT2D eigenvalue weighted by Crippen LogP contribution is 1.93. The summed E-state index contributed by atoms with van der Waals surface area (Å²) >= 11 is 0.